The minimum Gasteiger partial charge on any atom is -0.462 e. The smallest absolute Gasteiger partial charge is 0.306 e. The Balaban J connectivity index is 4.38. The molecule has 0 fully saturated rings. The second-order valence-electron chi connectivity index (χ2n) is 17.8. The van der Waals surface area contributed by atoms with E-state index in [0.717, 1.165) is 103 Å². The molecule has 62 heavy (non-hydrogen) atoms. The van der Waals surface area contributed by atoms with Gasteiger partial charge in [0, 0.05) is 19.3 Å². The molecule has 0 rings (SSSR count). The SMILES string of the molecule is CC/C=C/C/C=C/C/C=C/CCCCCCCC(=O)O[C@H](COC(=O)CCCCCCC/C=C/CCCCCC)COC(=O)CCCCCCCCCCCCCCCCCC. The van der Waals surface area contributed by atoms with E-state index in [2.05, 4.69) is 69.4 Å². The molecular weight excluding hydrogens is 769 g/mol. The van der Waals surface area contributed by atoms with Crippen molar-refractivity contribution in [1.29, 1.82) is 0 Å². The summed E-state index contributed by atoms with van der Waals surface area (Å²) in [5.74, 6) is -0.897. The molecule has 0 saturated carbocycles. The van der Waals surface area contributed by atoms with Gasteiger partial charge in [0.05, 0.1) is 0 Å². The van der Waals surface area contributed by atoms with Crippen LogP contribution in [0.4, 0.5) is 0 Å². The highest BCUT2D eigenvalue weighted by Gasteiger charge is 2.19. The van der Waals surface area contributed by atoms with E-state index < -0.39 is 6.10 Å². The second-order valence-corrected chi connectivity index (χ2v) is 17.8. The van der Waals surface area contributed by atoms with E-state index >= 15 is 0 Å². The van der Waals surface area contributed by atoms with E-state index in [9.17, 15) is 14.4 Å². The predicted octanol–water partition coefficient (Wildman–Crippen LogP) is 17.5. The van der Waals surface area contributed by atoms with E-state index in [1.165, 1.54) is 128 Å². The lowest BCUT2D eigenvalue weighted by Crippen LogP contribution is -2.30. The Morgan fingerprint density at radius 3 is 1.02 bits per heavy atom. The standard InChI is InChI=1S/C56H100O6/c1-4-7-10-13-16-19-22-25-27-29-31-34-37-40-43-46-49-55(58)61-52-53(51-60-54(57)48-45-42-39-36-33-30-24-21-18-15-12-9-6-3)62-56(59)50-47-44-41-38-35-32-28-26-23-20-17-14-11-8-5-2/h8,11,17,20-21,24,26,28,53H,4-7,9-10,12-16,18-19,22-23,25,27,29-52H2,1-3H3/b11-8+,20-17+,24-21+,28-26+/t53-/m1/s1. The molecule has 0 heterocycles. The van der Waals surface area contributed by atoms with Crippen LogP contribution in [0.3, 0.4) is 0 Å². The average Bonchev–Trinajstić information content (AvgIpc) is 3.27. The van der Waals surface area contributed by atoms with Gasteiger partial charge >= 0.3 is 17.9 Å². The number of carbonyl (C=O) groups is 3. The van der Waals surface area contributed by atoms with Gasteiger partial charge in [-0.25, -0.2) is 0 Å². The van der Waals surface area contributed by atoms with Gasteiger partial charge in [-0.1, -0.05) is 223 Å². The Labute approximate surface area is 384 Å². The normalized spacial score (nSPS) is 12.4. The highest BCUT2D eigenvalue weighted by atomic mass is 16.6. The number of rotatable bonds is 48. The molecule has 0 aliphatic rings. The minimum atomic E-state index is -0.782. The third kappa shape index (κ3) is 48.4. The molecule has 0 spiro atoms. The first-order valence-electron chi connectivity index (χ1n) is 26.6. The Morgan fingerprint density at radius 1 is 0.339 bits per heavy atom. The van der Waals surface area contributed by atoms with Crippen molar-refractivity contribution in [1.82, 2.24) is 0 Å². The third-order valence-electron chi connectivity index (χ3n) is 11.6. The maximum absolute atomic E-state index is 12.8. The molecule has 0 N–H and O–H groups in total. The second kappa shape index (κ2) is 51.0. The van der Waals surface area contributed by atoms with Crippen LogP contribution in [0.1, 0.15) is 271 Å². The monoisotopic (exact) mass is 869 g/mol. The van der Waals surface area contributed by atoms with Crippen molar-refractivity contribution < 1.29 is 28.6 Å². The number of unbranched alkanes of at least 4 members (excludes halogenated alkanes) is 29. The van der Waals surface area contributed by atoms with Crippen LogP contribution >= 0.6 is 0 Å². The summed E-state index contributed by atoms with van der Waals surface area (Å²) in [6, 6.07) is 0. The number of esters is 3. The molecule has 0 aromatic carbocycles. The van der Waals surface area contributed by atoms with Crippen LogP contribution in [0.2, 0.25) is 0 Å². The summed E-state index contributed by atoms with van der Waals surface area (Å²) in [7, 11) is 0. The van der Waals surface area contributed by atoms with Crippen molar-refractivity contribution in [2.45, 2.75) is 277 Å². The zero-order valence-electron chi connectivity index (χ0n) is 41.1. The van der Waals surface area contributed by atoms with Gasteiger partial charge in [-0.15, -0.1) is 0 Å². The van der Waals surface area contributed by atoms with Gasteiger partial charge in [-0.3, -0.25) is 14.4 Å². The lowest BCUT2D eigenvalue weighted by molar-refractivity contribution is -0.167. The van der Waals surface area contributed by atoms with Crippen molar-refractivity contribution in [3.8, 4) is 0 Å². The fourth-order valence-corrected chi connectivity index (χ4v) is 7.57. The number of hydrogen-bond donors (Lipinski definition) is 0. The van der Waals surface area contributed by atoms with Gasteiger partial charge in [-0.2, -0.15) is 0 Å². The summed E-state index contributed by atoms with van der Waals surface area (Å²) in [5.41, 5.74) is 0. The fraction of sp³-hybridized carbons (Fsp3) is 0.804. The molecule has 0 aliphatic carbocycles. The molecular formula is C56H100O6. The highest BCUT2D eigenvalue weighted by Crippen LogP contribution is 2.16. The summed E-state index contributed by atoms with van der Waals surface area (Å²) in [5, 5.41) is 0. The molecule has 0 unspecified atom stereocenters. The van der Waals surface area contributed by atoms with Crippen molar-refractivity contribution >= 4 is 17.9 Å². The van der Waals surface area contributed by atoms with Crippen molar-refractivity contribution in [2.75, 3.05) is 13.2 Å². The Morgan fingerprint density at radius 2 is 0.629 bits per heavy atom. The first-order valence-corrected chi connectivity index (χ1v) is 26.6. The zero-order chi connectivity index (χ0) is 45.1. The first-order chi connectivity index (χ1) is 30.5. The average molecular weight is 869 g/mol. The number of ether oxygens (including phenoxy) is 3. The van der Waals surface area contributed by atoms with Gasteiger partial charge in [0.1, 0.15) is 13.2 Å². The van der Waals surface area contributed by atoms with E-state index in [4.69, 9.17) is 14.2 Å². The molecule has 0 saturated heterocycles. The van der Waals surface area contributed by atoms with E-state index in [0.29, 0.717) is 19.3 Å². The summed E-state index contributed by atoms with van der Waals surface area (Å²) in [4.78, 5) is 38.0. The molecule has 360 valence electrons. The van der Waals surface area contributed by atoms with Gasteiger partial charge in [0.25, 0.3) is 0 Å². The molecule has 0 radical (unpaired) electrons. The van der Waals surface area contributed by atoms with Crippen LogP contribution in [0.25, 0.3) is 0 Å². The predicted molar refractivity (Wildman–Crippen MR) is 265 cm³/mol. The van der Waals surface area contributed by atoms with Gasteiger partial charge in [0.15, 0.2) is 6.10 Å². The van der Waals surface area contributed by atoms with Gasteiger partial charge in [0.2, 0.25) is 0 Å². The molecule has 0 aliphatic heterocycles. The molecule has 0 amide bonds. The molecule has 6 nitrogen and oxygen atoms in total. The van der Waals surface area contributed by atoms with E-state index in [-0.39, 0.29) is 31.1 Å². The summed E-state index contributed by atoms with van der Waals surface area (Å²) in [6.07, 6.45) is 60.9. The first kappa shape index (κ1) is 59.4. The van der Waals surface area contributed by atoms with Crippen LogP contribution in [0.15, 0.2) is 48.6 Å². The highest BCUT2D eigenvalue weighted by molar-refractivity contribution is 5.71. The van der Waals surface area contributed by atoms with E-state index in [1.54, 1.807) is 0 Å². The molecule has 0 bridgehead atoms. The Kier molecular flexibility index (Phi) is 48.8. The zero-order valence-corrected chi connectivity index (χ0v) is 41.1. The van der Waals surface area contributed by atoms with Crippen molar-refractivity contribution in [3.05, 3.63) is 48.6 Å². The molecule has 0 aromatic heterocycles. The topological polar surface area (TPSA) is 78.9 Å². The van der Waals surface area contributed by atoms with Crippen LogP contribution in [-0.2, 0) is 28.6 Å². The lowest BCUT2D eigenvalue weighted by atomic mass is 10.0. The summed E-state index contributed by atoms with van der Waals surface area (Å²) >= 11 is 0. The summed E-state index contributed by atoms with van der Waals surface area (Å²) < 4.78 is 16.8. The van der Waals surface area contributed by atoms with Gasteiger partial charge < -0.3 is 14.2 Å². The maximum atomic E-state index is 12.8. The van der Waals surface area contributed by atoms with E-state index in [1.807, 2.05) is 0 Å². The minimum absolute atomic E-state index is 0.0802. The molecule has 1 atom stereocenters. The number of allylic oxidation sites excluding steroid dienone is 8. The Hall–Kier alpha value is -2.63. The molecule has 0 aromatic rings. The maximum Gasteiger partial charge on any atom is 0.306 e. The Bertz CT molecular complexity index is 1090. The third-order valence-corrected chi connectivity index (χ3v) is 11.6. The fourth-order valence-electron chi connectivity index (χ4n) is 7.57. The molecule has 6 heteroatoms. The van der Waals surface area contributed by atoms with Crippen LogP contribution in [0, 0.1) is 0 Å². The number of carbonyl (C=O) groups excluding carboxylic acids is 3. The lowest BCUT2D eigenvalue weighted by Gasteiger charge is -2.18. The van der Waals surface area contributed by atoms with Gasteiger partial charge in [-0.05, 0) is 77.0 Å². The van der Waals surface area contributed by atoms with Crippen molar-refractivity contribution in [3.63, 3.8) is 0 Å². The van der Waals surface area contributed by atoms with Crippen LogP contribution < -0.4 is 0 Å². The van der Waals surface area contributed by atoms with Crippen molar-refractivity contribution in [2.24, 2.45) is 0 Å². The number of hydrogen-bond acceptors (Lipinski definition) is 6. The van der Waals surface area contributed by atoms with Crippen LogP contribution in [0.5, 0.6) is 0 Å². The van der Waals surface area contributed by atoms with Crippen LogP contribution in [-0.4, -0.2) is 37.2 Å². The largest absolute Gasteiger partial charge is 0.462 e. The summed E-state index contributed by atoms with van der Waals surface area (Å²) in [6.45, 7) is 6.51. The quantitative estimate of drug-likeness (QED) is 0.0262.